The molecule has 1 fully saturated rings. The summed E-state index contributed by atoms with van der Waals surface area (Å²) in [4.78, 5) is 6.98. The summed E-state index contributed by atoms with van der Waals surface area (Å²) >= 11 is 0. The molecule has 22 heavy (non-hydrogen) atoms. The second-order valence-corrected chi connectivity index (χ2v) is 6.14. The second-order valence-electron chi connectivity index (χ2n) is 6.14. The van der Waals surface area contributed by atoms with E-state index in [-0.39, 0.29) is 6.04 Å². The van der Waals surface area contributed by atoms with Gasteiger partial charge in [-0.1, -0.05) is 12.1 Å². The third-order valence-corrected chi connectivity index (χ3v) is 4.67. The summed E-state index contributed by atoms with van der Waals surface area (Å²) in [6.07, 6.45) is 0. The minimum absolute atomic E-state index is 0.144. The molecule has 0 saturated carbocycles. The van der Waals surface area contributed by atoms with Gasteiger partial charge in [0.05, 0.1) is 6.07 Å². The molecule has 2 unspecified atom stereocenters. The molecule has 1 aromatic carbocycles. The highest BCUT2D eigenvalue weighted by Crippen LogP contribution is 2.26. The molecular weight excluding hydrogens is 272 g/mol. The lowest BCUT2D eigenvalue weighted by molar-refractivity contribution is 0.0797. The van der Waals surface area contributed by atoms with Crippen LogP contribution in [-0.2, 0) is 0 Å². The van der Waals surface area contributed by atoms with Crippen molar-refractivity contribution in [2.75, 3.05) is 44.7 Å². The van der Waals surface area contributed by atoms with E-state index in [2.05, 4.69) is 72.9 Å². The zero-order valence-corrected chi connectivity index (χ0v) is 14.3. The molecule has 0 N–H and O–H groups in total. The lowest BCUT2D eigenvalue weighted by Crippen LogP contribution is -2.51. The van der Waals surface area contributed by atoms with Crippen LogP contribution in [0.3, 0.4) is 0 Å². The van der Waals surface area contributed by atoms with Crippen molar-refractivity contribution < 1.29 is 0 Å². The molecule has 1 aromatic rings. The Labute approximate surface area is 134 Å². The molecule has 0 aliphatic carbocycles. The van der Waals surface area contributed by atoms with Crippen LogP contribution >= 0.6 is 0 Å². The van der Waals surface area contributed by atoms with E-state index in [1.165, 1.54) is 5.69 Å². The van der Waals surface area contributed by atoms with Gasteiger partial charge in [0, 0.05) is 44.5 Å². The van der Waals surface area contributed by atoms with Crippen molar-refractivity contribution in [2.45, 2.75) is 32.9 Å². The first-order valence-electron chi connectivity index (χ1n) is 8.29. The molecule has 0 radical (unpaired) electrons. The maximum absolute atomic E-state index is 9.67. The monoisotopic (exact) mass is 300 g/mol. The SMILES string of the molecule is CCN(CC)c1ccc(C(C#N)N2CCN(C)CC2C)cc1. The van der Waals surface area contributed by atoms with Crippen LogP contribution in [0.25, 0.3) is 0 Å². The van der Waals surface area contributed by atoms with E-state index in [9.17, 15) is 5.26 Å². The Balaban J connectivity index is 2.16. The third kappa shape index (κ3) is 3.60. The number of hydrogen-bond acceptors (Lipinski definition) is 4. The molecule has 0 aromatic heterocycles. The fourth-order valence-electron chi connectivity index (χ4n) is 3.33. The highest BCUT2D eigenvalue weighted by Gasteiger charge is 2.29. The van der Waals surface area contributed by atoms with Gasteiger partial charge in [-0.25, -0.2) is 0 Å². The normalized spacial score (nSPS) is 21.3. The molecule has 0 spiro atoms. The van der Waals surface area contributed by atoms with Gasteiger partial charge in [-0.15, -0.1) is 0 Å². The van der Waals surface area contributed by atoms with Gasteiger partial charge in [-0.3, -0.25) is 4.90 Å². The maximum Gasteiger partial charge on any atom is 0.124 e. The molecular formula is C18H28N4. The van der Waals surface area contributed by atoms with Crippen LogP contribution < -0.4 is 4.90 Å². The summed E-state index contributed by atoms with van der Waals surface area (Å²) in [6.45, 7) is 11.6. The van der Waals surface area contributed by atoms with E-state index in [4.69, 9.17) is 0 Å². The van der Waals surface area contributed by atoms with Gasteiger partial charge in [0.1, 0.15) is 6.04 Å². The van der Waals surface area contributed by atoms with Gasteiger partial charge >= 0.3 is 0 Å². The highest BCUT2D eigenvalue weighted by atomic mass is 15.3. The fourth-order valence-corrected chi connectivity index (χ4v) is 3.33. The summed E-state index contributed by atoms with van der Waals surface area (Å²) in [7, 11) is 2.15. The second kappa shape index (κ2) is 7.62. The predicted molar refractivity (Wildman–Crippen MR) is 92.0 cm³/mol. The van der Waals surface area contributed by atoms with Crippen LogP contribution in [0.1, 0.15) is 32.4 Å². The zero-order chi connectivity index (χ0) is 16.1. The summed E-state index contributed by atoms with van der Waals surface area (Å²) in [5, 5.41) is 9.67. The Morgan fingerprint density at radius 1 is 1.23 bits per heavy atom. The number of benzene rings is 1. The lowest BCUT2D eigenvalue weighted by atomic mass is 10.0. The van der Waals surface area contributed by atoms with Gasteiger partial charge in [0.25, 0.3) is 0 Å². The first-order valence-corrected chi connectivity index (χ1v) is 8.29. The van der Waals surface area contributed by atoms with Gasteiger partial charge in [0.15, 0.2) is 0 Å². The minimum atomic E-state index is -0.144. The minimum Gasteiger partial charge on any atom is -0.372 e. The molecule has 1 saturated heterocycles. The van der Waals surface area contributed by atoms with E-state index >= 15 is 0 Å². The average molecular weight is 300 g/mol. The van der Waals surface area contributed by atoms with Crippen molar-refractivity contribution in [3.8, 4) is 6.07 Å². The van der Waals surface area contributed by atoms with Gasteiger partial charge in [0.2, 0.25) is 0 Å². The quantitative estimate of drug-likeness (QED) is 0.837. The smallest absolute Gasteiger partial charge is 0.124 e. The van der Waals surface area contributed by atoms with Gasteiger partial charge < -0.3 is 9.80 Å². The highest BCUT2D eigenvalue weighted by molar-refractivity contribution is 5.48. The standard InChI is InChI=1S/C18H28N4/c1-5-21(6-2)17-9-7-16(8-10-17)18(13-19)22-12-11-20(4)14-15(22)3/h7-10,15,18H,5-6,11-12,14H2,1-4H3. The molecule has 1 aliphatic heterocycles. The van der Waals surface area contributed by atoms with Gasteiger partial charge in [-0.2, -0.15) is 5.26 Å². The Kier molecular flexibility index (Phi) is 5.82. The van der Waals surface area contributed by atoms with E-state index in [0.29, 0.717) is 6.04 Å². The molecule has 4 heteroatoms. The van der Waals surface area contributed by atoms with E-state index < -0.39 is 0 Å². The van der Waals surface area contributed by atoms with Crippen molar-refractivity contribution >= 4 is 5.69 Å². The summed E-state index contributed by atoms with van der Waals surface area (Å²) < 4.78 is 0. The van der Waals surface area contributed by atoms with E-state index in [1.54, 1.807) is 0 Å². The predicted octanol–water partition coefficient (Wildman–Crippen LogP) is 2.73. The fraction of sp³-hybridized carbons (Fsp3) is 0.611. The van der Waals surface area contributed by atoms with Crippen LogP contribution in [-0.4, -0.2) is 55.6 Å². The number of nitrogens with zero attached hydrogens (tertiary/aromatic N) is 4. The number of anilines is 1. The van der Waals surface area contributed by atoms with Crippen LogP contribution in [0, 0.1) is 11.3 Å². The number of rotatable bonds is 5. The van der Waals surface area contributed by atoms with Crippen molar-refractivity contribution in [3.05, 3.63) is 29.8 Å². The first kappa shape index (κ1) is 16.8. The van der Waals surface area contributed by atoms with Crippen molar-refractivity contribution in [1.82, 2.24) is 9.80 Å². The molecule has 0 amide bonds. The number of likely N-dealkylation sites (N-methyl/N-ethyl adjacent to an activating group) is 1. The Hall–Kier alpha value is -1.57. The molecule has 120 valence electrons. The van der Waals surface area contributed by atoms with Gasteiger partial charge in [-0.05, 0) is 45.5 Å². The Bertz CT molecular complexity index is 501. The molecule has 0 bridgehead atoms. The molecule has 1 aliphatic rings. The maximum atomic E-state index is 9.67. The van der Waals surface area contributed by atoms with Crippen LogP contribution in [0.15, 0.2) is 24.3 Å². The molecule has 4 nitrogen and oxygen atoms in total. The lowest BCUT2D eigenvalue weighted by Gasteiger charge is -2.40. The van der Waals surface area contributed by atoms with E-state index in [0.717, 1.165) is 38.3 Å². The van der Waals surface area contributed by atoms with Crippen molar-refractivity contribution in [2.24, 2.45) is 0 Å². The molecule has 2 rings (SSSR count). The largest absolute Gasteiger partial charge is 0.372 e. The Morgan fingerprint density at radius 3 is 2.36 bits per heavy atom. The Morgan fingerprint density at radius 2 is 1.86 bits per heavy atom. The average Bonchev–Trinajstić information content (AvgIpc) is 2.52. The van der Waals surface area contributed by atoms with Crippen molar-refractivity contribution in [3.63, 3.8) is 0 Å². The molecule has 2 atom stereocenters. The first-order chi connectivity index (χ1) is 10.6. The van der Waals surface area contributed by atoms with Crippen molar-refractivity contribution in [1.29, 1.82) is 5.26 Å². The number of nitriles is 1. The zero-order valence-electron chi connectivity index (χ0n) is 14.3. The number of hydrogen-bond donors (Lipinski definition) is 0. The van der Waals surface area contributed by atoms with Crippen LogP contribution in [0.2, 0.25) is 0 Å². The topological polar surface area (TPSA) is 33.5 Å². The third-order valence-electron chi connectivity index (χ3n) is 4.67. The summed E-state index contributed by atoms with van der Waals surface area (Å²) in [5.74, 6) is 0. The van der Waals surface area contributed by atoms with Crippen LogP contribution in [0.5, 0.6) is 0 Å². The van der Waals surface area contributed by atoms with Crippen LogP contribution in [0.4, 0.5) is 5.69 Å². The summed E-state index contributed by atoms with van der Waals surface area (Å²) in [5.41, 5.74) is 2.34. The number of piperazine rings is 1. The van der Waals surface area contributed by atoms with E-state index in [1.807, 2.05) is 0 Å². The summed E-state index contributed by atoms with van der Waals surface area (Å²) in [6, 6.07) is 11.3. The molecule has 1 heterocycles.